The largest absolute Gasteiger partial charge is 0.417 e. The lowest BCUT2D eigenvalue weighted by molar-refractivity contribution is -0.112. The highest BCUT2D eigenvalue weighted by molar-refractivity contribution is 6.30. The number of carbonyl (C=O) groups is 1. The van der Waals surface area contributed by atoms with Crippen molar-refractivity contribution in [3.05, 3.63) is 63.8 Å². The Morgan fingerprint density at radius 1 is 1.26 bits per heavy atom. The van der Waals surface area contributed by atoms with Crippen LogP contribution in [0.2, 0.25) is 5.02 Å². The Bertz CT molecular complexity index is 1060. The number of oxazole rings is 1. The normalized spacial score (nSPS) is 14.4. The number of fused-ring (bicyclic) bond motifs is 1. The van der Waals surface area contributed by atoms with Gasteiger partial charge in [0.25, 0.3) is 0 Å². The number of piperidine rings is 1. The van der Waals surface area contributed by atoms with Crippen LogP contribution in [0.25, 0.3) is 11.1 Å². The Morgan fingerprint density at radius 2 is 2.07 bits per heavy atom. The second kappa shape index (κ2) is 7.28. The molecule has 0 saturated carbocycles. The van der Waals surface area contributed by atoms with Crippen molar-refractivity contribution in [3.63, 3.8) is 0 Å². The molecule has 1 aliphatic heterocycles. The Morgan fingerprint density at radius 3 is 2.81 bits per heavy atom. The number of benzene rings is 1. The number of nitrogens with zero attached hydrogens (tertiary/aromatic N) is 2. The van der Waals surface area contributed by atoms with Crippen LogP contribution in [0.4, 0.5) is 11.5 Å². The van der Waals surface area contributed by atoms with Crippen molar-refractivity contribution >= 4 is 40.1 Å². The van der Waals surface area contributed by atoms with Crippen molar-refractivity contribution in [1.82, 2.24) is 9.97 Å². The van der Waals surface area contributed by atoms with E-state index in [9.17, 15) is 9.59 Å². The second-order valence-electron chi connectivity index (χ2n) is 6.34. The average molecular weight is 385 g/mol. The zero-order chi connectivity index (χ0) is 18.8. The summed E-state index contributed by atoms with van der Waals surface area (Å²) in [7, 11) is 0. The number of hydrogen-bond donors (Lipinski definition) is 2. The molecule has 138 valence electrons. The van der Waals surface area contributed by atoms with Crippen molar-refractivity contribution < 1.29 is 9.21 Å². The molecule has 2 N–H and O–H groups in total. The summed E-state index contributed by atoms with van der Waals surface area (Å²) in [6, 6.07) is 8.77. The predicted octanol–water partition coefficient (Wildman–Crippen LogP) is 3.33. The molecule has 8 heteroatoms. The van der Waals surface area contributed by atoms with Gasteiger partial charge in [0.2, 0.25) is 5.91 Å². The Balaban J connectivity index is 1.37. The molecule has 1 saturated heterocycles. The summed E-state index contributed by atoms with van der Waals surface area (Å²) in [5.74, 6) is 0.182. The van der Waals surface area contributed by atoms with Gasteiger partial charge in [-0.05, 0) is 37.1 Å². The fraction of sp³-hybridized carbons (Fsp3) is 0.211. The molecule has 7 nitrogen and oxygen atoms in total. The van der Waals surface area contributed by atoms with E-state index in [0.717, 1.165) is 37.3 Å². The summed E-state index contributed by atoms with van der Waals surface area (Å²) in [5, 5.41) is 3.42. The standard InChI is InChI=1S/C19H17ClN4O3/c20-13-1-4-17(21-11-13)24-7-5-12(6-8-24)9-18(25)22-14-2-3-15-16(10-14)27-19(26)23-15/h1-4,9-11H,5-8H2,(H,22,25)(H,23,26). The van der Waals surface area contributed by atoms with E-state index in [1.54, 1.807) is 30.5 Å². The first-order valence-electron chi connectivity index (χ1n) is 8.57. The Labute approximate surface area is 159 Å². The molecule has 1 fully saturated rings. The molecule has 0 bridgehead atoms. The van der Waals surface area contributed by atoms with Crippen molar-refractivity contribution in [1.29, 1.82) is 0 Å². The highest BCUT2D eigenvalue weighted by atomic mass is 35.5. The van der Waals surface area contributed by atoms with Crippen LogP contribution < -0.4 is 16.0 Å². The molecule has 0 atom stereocenters. The summed E-state index contributed by atoms with van der Waals surface area (Å²) in [6.45, 7) is 1.60. The van der Waals surface area contributed by atoms with Gasteiger partial charge in [-0.1, -0.05) is 17.2 Å². The van der Waals surface area contributed by atoms with Gasteiger partial charge < -0.3 is 14.6 Å². The quantitative estimate of drug-likeness (QED) is 0.676. The molecular formula is C19H17ClN4O3. The molecule has 0 spiro atoms. The molecule has 0 unspecified atom stereocenters. The van der Waals surface area contributed by atoms with E-state index in [-0.39, 0.29) is 5.91 Å². The van der Waals surface area contributed by atoms with Crippen molar-refractivity contribution in [2.45, 2.75) is 12.8 Å². The minimum absolute atomic E-state index is 0.194. The molecule has 3 heterocycles. The van der Waals surface area contributed by atoms with E-state index in [1.165, 1.54) is 0 Å². The monoisotopic (exact) mass is 384 g/mol. The average Bonchev–Trinajstić information content (AvgIpc) is 3.02. The van der Waals surface area contributed by atoms with Gasteiger partial charge in [0, 0.05) is 37.1 Å². The summed E-state index contributed by atoms with van der Waals surface area (Å²) in [5.41, 5.74) is 2.68. The molecule has 1 amide bonds. The third kappa shape index (κ3) is 4.03. The third-order valence-electron chi connectivity index (χ3n) is 4.47. The first-order valence-corrected chi connectivity index (χ1v) is 8.94. The topological polar surface area (TPSA) is 91.2 Å². The lowest BCUT2D eigenvalue weighted by Crippen LogP contribution is -2.31. The van der Waals surface area contributed by atoms with Crippen LogP contribution in [-0.2, 0) is 4.79 Å². The number of pyridine rings is 1. The maximum Gasteiger partial charge on any atom is 0.417 e. The number of aromatic amines is 1. The van der Waals surface area contributed by atoms with Gasteiger partial charge >= 0.3 is 5.76 Å². The van der Waals surface area contributed by atoms with E-state index in [4.69, 9.17) is 16.0 Å². The number of carbonyl (C=O) groups excluding carboxylic acids is 1. The van der Waals surface area contributed by atoms with E-state index < -0.39 is 5.76 Å². The van der Waals surface area contributed by atoms with Crippen LogP contribution in [0.5, 0.6) is 0 Å². The van der Waals surface area contributed by atoms with Gasteiger partial charge in [-0.25, -0.2) is 9.78 Å². The van der Waals surface area contributed by atoms with Crippen molar-refractivity contribution in [2.75, 3.05) is 23.3 Å². The van der Waals surface area contributed by atoms with Crippen LogP contribution in [0, 0.1) is 0 Å². The Kier molecular flexibility index (Phi) is 4.68. The van der Waals surface area contributed by atoms with Gasteiger partial charge in [0.1, 0.15) is 5.82 Å². The van der Waals surface area contributed by atoms with Gasteiger partial charge in [-0.2, -0.15) is 0 Å². The number of aromatic nitrogens is 2. The molecular weight excluding hydrogens is 368 g/mol. The summed E-state index contributed by atoms with van der Waals surface area (Å²) in [4.78, 5) is 32.5. The molecule has 3 aromatic rings. The summed E-state index contributed by atoms with van der Waals surface area (Å²) >= 11 is 5.87. The van der Waals surface area contributed by atoms with Crippen molar-refractivity contribution in [2.24, 2.45) is 0 Å². The lowest BCUT2D eigenvalue weighted by atomic mass is 10.0. The minimum Gasteiger partial charge on any atom is -0.408 e. The molecule has 4 rings (SSSR count). The zero-order valence-corrected chi connectivity index (χ0v) is 15.1. The maximum absolute atomic E-state index is 12.3. The number of rotatable bonds is 3. The first-order chi connectivity index (χ1) is 13.1. The molecule has 2 aromatic heterocycles. The van der Waals surface area contributed by atoms with Crippen LogP contribution in [0.3, 0.4) is 0 Å². The van der Waals surface area contributed by atoms with Gasteiger partial charge in [0.15, 0.2) is 5.58 Å². The minimum atomic E-state index is -0.516. The smallest absolute Gasteiger partial charge is 0.408 e. The number of H-pyrrole nitrogens is 1. The van der Waals surface area contributed by atoms with E-state index in [1.807, 2.05) is 12.1 Å². The van der Waals surface area contributed by atoms with E-state index >= 15 is 0 Å². The third-order valence-corrected chi connectivity index (χ3v) is 4.69. The fourth-order valence-electron chi connectivity index (χ4n) is 3.11. The van der Waals surface area contributed by atoms with Gasteiger partial charge in [-0.3, -0.25) is 9.78 Å². The highest BCUT2D eigenvalue weighted by Crippen LogP contribution is 2.22. The van der Waals surface area contributed by atoms with Crippen LogP contribution in [0.15, 0.2) is 57.4 Å². The highest BCUT2D eigenvalue weighted by Gasteiger charge is 2.16. The number of amides is 1. The molecule has 0 aliphatic carbocycles. The van der Waals surface area contributed by atoms with Crippen LogP contribution in [-0.4, -0.2) is 29.0 Å². The summed E-state index contributed by atoms with van der Waals surface area (Å²) in [6.07, 6.45) is 4.87. The number of anilines is 2. The first kappa shape index (κ1) is 17.4. The number of halogens is 1. The fourth-order valence-corrected chi connectivity index (χ4v) is 3.22. The number of hydrogen-bond acceptors (Lipinski definition) is 5. The SMILES string of the molecule is O=C(C=C1CCN(c2ccc(Cl)cn2)CC1)Nc1ccc2[nH]c(=O)oc2c1. The zero-order valence-electron chi connectivity index (χ0n) is 14.4. The van der Waals surface area contributed by atoms with Crippen LogP contribution >= 0.6 is 11.6 Å². The Hall–Kier alpha value is -3.06. The van der Waals surface area contributed by atoms with Gasteiger partial charge in [-0.15, -0.1) is 0 Å². The molecule has 27 heavy (non-hydrogen) atoms. The summed E-state index contributed by atoms with van der Waals surface area (Å²) < 4.78 is 5.00. The van der Waals surface area contributed by atoms with Crippen LogP contribution in [0.1, 0.15) is 12.8 Å². The van der Waals surface area contributed by atoms with E-state index in [2.05, 4.69) is 20.2 Å². The second-order valence-corrected chi connectivity index (χ2v) is 6.78. The maximum atomic E-state index is 12.3. The number of nitrogens with one attached hydrogen (secondary N) is 2. The van der Waals surface area contributed by atoms with Crippen molar-refractivity contribution in [3.8, 4) is 0 Å². The lowest BCUT2D eigenvalue weighted by Gasteiger charge is -2.29. The molecule has 1 aromatic carbocycles. The molecule has 1 aliphatic rings. The molecule has 0 radical (unpaired) electrons. The van der Waals surface area contributed by atoms with E-state index in [0.29, 0.717) is 21.8 Å². The predicted molar refractivity (Wildman–Crippen MR) is 104 cm³/mol. The van der Waals surface area contributed by atoms with Gasteiger partial charge in [0.05, 0.1) is 10.5 Å².